The molecule has 0 aliphatic carbocycles. The van der Waals surface area contributed by atoms with Crippen LogP contribution in [0.4, 0.5) is 5.69 Å². The van der Waals surface area contributed by atoms with E-state index in [1.807, 2.05) is 37.3 Å². The van der Waals surface area contributed by atoms with Crippen molar-refractivity contribution >= 4 is 29.2 Å². The lowest BCUT2D eigenvalue weighted by atomic mass is 9.84. The smallest absolute Gasteiger partial charge is 0.228 e. The molecule has 0 aromatic heterocycles. The Hall–Kier alpha value is -2.33. The molecular formula is C18H17ClNO3-. The minimum absolute atomic E-state index is 0.249. The van der Waals surface area contributed by atoms with Crippen LogP contribution in [0.15, 0.2) is 54.6 Å². The summed E-state index contributed by atoms with van der Waals surface area (Å²) in [6.45, 7) is 1.84. The summed E-state index contributed by atoms with van der Waals surface area (Å²) in [6, 6.07) is 16.0. The number of hydrogen-bond donors (Lipinski definition) is 1. The minimum atomic E-state index is -1.25. The van der Waals surface area contributed by atoms with Crippen molar-refractivity contribution in [1.29, 1.82) is 0 Å². The standard InChI is InChI=1S/C18H18ClNO3/c1-12(13-5-3-2-4-6-13)16(11-17(21)22)18(23)20-15-9-7-14(19)8-10-15/h2-10,12,16H,11H2,1H3,(H,20,23)(H,21,22)/p-1/t12-,16-/m1/s1. The second-order valence-electron chi connectivity index (χ2n) is 5.38. The Balaban J connectivity index is 2.18. The van der Waals surface area contributed by atoms with Crippen LogP contribution in [0.2, 0.25) is 5.02 Å². The first-order chi connectivity index (χ1) is 11.0. The van der Waals surface area contributed by atoms with Gasteiger partial charge in [-0.05, 0) is 42.2 Å². The molecule has 1 amide bonds. The summed E-state index contributed by atoms with van der Waals surface area (Å²) in [5, 5.41) is 14.3. The Bertz CT molecular complexity index is 670. The van der Waals surface area contributed by atoms with Crippen LogP contribution in [0.25, 0.3) is 0 Å². The van der Waals surface area contributed by atoms with E-state index in [0.29, 0.717) is 10.7 Å². The van der Waals surface area contributed by atoms with Gasteiger partial charge in [-0.25, -0.2) is 0 Å². The molecule has 0 aliphatic heterocycles. The summed E-state index contributed by atoms with van der Waals surface area (Å²) in [4.78, 5) is 23.6. The second kappa shape index (κ2) is 7.79. The van der Waals surface area contributed by atoms with Gasteiger partial charge in [-0.1, -0.05) is 48.9 Å². The maximum atomic E-state index is 12.5. The fourth-order valence-electron chi connectivity index (χ4n) is 2.43. The van der Waals surface area contributed by atoms with E-state index >= 15 is 0 Å². The topological polar surface area (TPSA) is 69.2 Å². The van der Waals surface area contributed by atoms with Gasteiger partial charge >= 0.3 is 0 Å². The maximum Gasteiger partial charge on any atom is 0.228 e. The zero-order valence-corrected chi connectivity index (χ0v) is 13.4. The molecule has 0 radical (unpaired) electrons. The first-order valence-electron chi connectivity index (χ1n) is 7.28. The highest BCUT2D eigenvalue weighted by molar-refractivity contribution is 6.30. The van der Waals surface area contributed by atoms with Gasteiger partial charge in [0.1, 0.15) is 0 Å². The lowest BCUT2D eigenvalue weighted by Gasteiger charge is -2.24. The predicted molar refractivity (Wildman–Crippen MR) is 88.1 cm³/mol. The van der Waals surface area contributed by atoms with Crippen LogP contribution in [-0.4, -0.2) is 11.9 Å². The van der Waals surface area contributed by atoms with Gasteiger partial charge in [-0.2, -0.15) is 0 Å². The Morgan fingerprint density at radius 3 is 2.26 bits per heavy atom. The van der Waals surface area contributed by atoms with Crippen molar-refractivity contribution in [1.82, 2.24) is 0 Å². The summed E-state index contributed by atoms with van der Waals surface area (Å²) >= 11 is 5.81. The molecule has 0 spiro atoms. The van der Waals surface area contributed by atoms with Crippen LogP contribution in [0, 0.1) is 5.92 Å². The molecule has 1 N–H and O–H groups in total. The number of benzene rings is 2. The van der Waals surface area contributed by atoms with Crippen LogP contribution in [0.1, 0.15) is 24.8 Å². The van der Waals surface area contributed by atoms with Crippen LogP contribution in [0.3, 0.4) is 0 Å². The maximum absolute atomic E-state index is 12.5. The second-order valence-corrected chi connectivity index (χ2v) is 5.81. The third kappa shape index (κ3) is 4.83. The number of halogens is 1. The number of carboxylic acid groups (broad SMARTS) is 1. The van der Waals surface area contributed by atoms with E-state index < -0.39 is 11.9 Å². The average molecular weight is 331 g/mol. The molecule has 5 heteroatoms. The third-order valence-electron chi connectivity index (χ3n) is 3.76. The number of carboxylic acids is 1. The molecule has 0 fully saturated rings. The van der Waals surface area contributed by atoms with Gasteiger partial charge in [0.25, 0.3) is 0 Å². The number of nitrogens with one attached hydrogen (secondary N) is 1. The number of amides is 1. The lowest BCUT2D eigenvalue weighted by Crippen LogP contribution is -2.34. The predicted octanol–water partition coefficient (Wildman–Crippen LogP) is 2.84. The highest BCUT2D eigenvalue weighted by Crippen LogP contribution is 2.28. The average Bonchev–Trinajstić information content (AvgIpc) is 2.54. The summed E-state index contributed by atoms with van der Waals surface area (Å²) in [5.41, 5.74) is 1.48. The molecule has 0 heterocycles. The van der Waals surface area contributed by atoms with Crippen molar-refractivity contribution in [2.45, 2.75) is 19.3 Å². The number of aliphatic carboxylic acids is 1. The summed E-state index contributed by atoms with van der Waals surface area (Å²) in [6.07, 6.45) is -0.338. The number of rotatable bonds is 6. The largest absolute Gasteiger partial charge is 0.550 e. The van der Waals surface area contributed by atoms with Gasteiger partial charge < -0.3 is 15.2 Å². The van der Waals surface area contributed by atoms with Gasteiger partial charge in [-0.3, -0.25) is 4.79 Å². The van der Waals surface area contributed by atoms with Crippen molar-refractivity contribution < 1.29 is 14.7 Å². The van der Waals surface area contributed by atoms with Crippen LogP contribution < -0.4 is 10.4 Å². The van der Waals surface area contributed by atoms with Crippen LogP contribution >= 0.6 is 11.6 Å². The Morgan fingerprint density at radius 1 is 1.09 bits per heavy atom. The van der Waals surface area contributed by atoms with E-state index in [1.54, 1.807) is 24.3 Å². The first-order valence-corrected chi connectivity index (χ1v) is 7.66. The fourth-order valence-corrected chi connectivity index (χ4v) is 2.56. The van der Waals surface area contributed by atoms with Gasteiger partial charge in [0.2, 0.25) is 5.91 Å². The molecule has 2 rings (SSSR count). The summed E-state index contributed by atoms with van der Waals surface area (Å²) in [5.74, 6) is -2.57. The van der Waals surface area contributed by atoms with E-state index in [9.17, 15) is 14.7 Å². The number of anilines is 1. The monoisotopic (exact) mass is 330 g/mol. The fraction of sp³-hybridized carbons (Fsp3) is 0.222. The van der Waals surface area contributed by atoms with E-state index in [4.69, 9.17) is 11.6 Å². The van der Waals surface area contributed by atoms with Crippen molar-refractivity contribution in [3.05, 3.63) is 65.2 Å². The van der Waals surface area contributed by atoms with Crippen molar-refractivity contribution in [2.75, 3.05) is 5.32 Å². The van der Waals surface area contributed by atoms with E-state index in [-0.39, 0.29) is 18.2 Å². The van der Waals surface area contributed by atoms with Crippen molar-refractivity contribution in [2.24, 2.45) is 5.92 Å². The Kier molecular flexibility index (Phi) is 5.77. The van der Waals surface area contributed by atoms with Gasteiger partial charge in [0, 0.05) is 16.7 Å². The summed E-state index contributed by atoms with van der Waals surface area (Å²) < 4.78 is 0. The highest BCUT2D eigenvalue weighted by Gasteiger charge is 2.26. The zero-order valence-electron chi connectivity index (χ0n) is 12.7. The number of hydrogen-bond acceptors (Lipinski definition) is 3. The third-order valence-corrected chi connectivity index (χ3v) is 4.02. The molecule has 0 saturated heterocycles. The lowest BCUT2D eigenvalue weighted by molar-refractivity contribution is -0.306. The van der Waals surface area contributed by atoms with Gasteiger partial charge in [0.15, 0.2) is 0 Å². The molecule has 2 atom stereocenters. The molecule has 2 aromatic rings. The minimum Gasteiger partial charge on any atom is -0.550 e. The van der Waals surface area contributed by atoms with E-state index in [1.165, 1.54) is 0 Å². The molecule has 0 bridgehead atoms. The molecule has 120 valence electrons. The van der Waals surface area contributed by atoms with E-state index in [0.717, 1.165) is 5.56 Å². The molecule has 0 saturated carbocycles. The normalized spacial score (nSPS) is 13.1. The number of carbonyl (C=O) groups is 2. The molecule has 4 nitrogen and oxygen atoms in total. The molecule has 0 unspecified atom stereocenters. The van der Waals surface area contributed by atoms with Crippen LogP contribution in [-0.2, 0) is 9.59 Å². The number of carbonyl (C=O) groups excluding carboxylic acids is 2. The quantitative estimate of drug-likeness (QED) is 0.885. The molecular weight excluding hydrogens is 314 g/mol. The van der Waals surface area contributed by atoms with Crippen molar-refractivity contribution in [3.63, 3.8) is 0 Å². The van der Waals surface area contributed by atoms with Gasteiger partial charge in [-0.15, -0.1) is 0 Å². The Labute approximate surface area is 140 Å². The molecule has 0 aliphatic rings. The van der Waals surface area contributed by atoms with E-state index in [2.05, 4.69) is 5.32 Å². The Morgan fingerprint density at radius 2 is 1.70 bits per heavy atom. The molecule has 2 aromatic carbocycles. The first kappa shape index (κ1) is 17.0. The zero-order chi connectivity index (χ0) is 16.8. The highest BCUT2D eigenvalue weighted by atomic mass is 35.5. The van der Waals surface area contributed by atoms with Crippen LogP contribution in [0.5, 0.6) is 0 Å². The van der Waals surface area contributed by atoms with Crippen molar-refractivity contribution in [3.8, 4) is 0 Å². The summed E-state index contributed by atoms with van der Waals surface area (Å²) in [7, 11) is 0. The van der Waals surface area contributed by atoms with Gasteiger partial charge in [0.05, 0.1) is 5.92 Å². The SMILES string of the molecule is C[C@H](c1ccccc1)[C@@H](CC(=O)[O-])C(=O)Nc1ccc(Cl)cc1. The molecule has 23 heavy (non-hydrogen) atoms.